The van der Waals surface area contributed by atoms with Crippen molar-refractivity contribution in [3.8, 4) is 0 Å². The van der Waals surface area contributed by atoms with Crippen molar-refractivity contribution < 1.29 is 32.1 Å². The molecule has 0 aliphatic heterocycles. The summed E-state index contributed by atoms with van der Waals surface area (Å²) in [7, 11) is 0. The first kappa shape index (κ1) is 24.4. The molecule has 1 aliphatic rings. The molecule has 0 fully saturated rings. The van der Waals surface area contributed by atoms with Crippen LogP contribution < -0.4 is 5.11 Å². The summed E-state index contributed by atoms with van der Waals surface area (Å²) in [5, 5.41) is 20.3. The van der Waals surface area contributed by atoms with Crippen LogP contribution in [0.3, 0.4) is 0 Å². The van der Waals surface area contributed by atoms with Gasteiger partial charge in [0.05, 0.1) is 0 Å². The fourth-order valence-corrected chi connectivity index (χ4v) is 2.62. The molecule has 0 bridgehead atoms. The molecule has 1 aromatic rings. The fourth-order valence-electron chi connectivity index (χ4n) is 2.62. The van der Waals surface area contributed by atoms with E-state index in [1.54, 1.807) is 0 Å². The Hall–Kier alpha value is -1.64. The number of hydrogen-bond acceptors (Lipinski definition) is 2. The Labute approximate surface area is 168 Å². The smallest absolute Gasteiger partial charge is 0.875 e. The van der Waals surface area contributed by atoms with Crippen LogP contribution >= 0.6 is 0 Å². The number of carbonyl (C=O) groups is 1. The first-order valence-corrected chi connectivity index (χ1v) is 9.15. The first-order chi connectivity index (χ1) is 12.0. The van der Waals surface area contributed by atoms with E-state index in [4.69, 9.17) is 5.11 Å². The van der Waals surface area contributed by atoms with E-state index >= 15 is 0 Å². The molecular formula is C22H30FeO3. The molecule has 0 atom stereocenters. The van der Waals surface area contributed by atoms with Gasteiger partial charge in [0.25, 0.3) is 0 Å². The summed E-state index contributed by atoms with van der Waals surface area (Å²) >= 11 is 0. The Kier molecular flexibility index (Phi) is 13.6. The number of unbranched alkanes of at least 4 members (excludes halogenated alkanes) is 5. The van der Waals surface area contributed by atoms with E-state index in [2.05, 4.69) is 19.1 Å². The van der Waals surface area contributed by atoms with E-state index in [0.717, 1.165) is 49.7 Å². The van der Waals surface area contributed by atoms with Gasteiger partial charge < -0.3 is 10.2 Å². The van der Waals surface area contributed by atoms with Crippen molar-refractivity contribution in [2.45, 2.75) is 65.2 Å². The van der Waals surface area contributed by atoms with Crippen molar-refractivity contribution in [2.75, 3.05) is 0 Å². The maximum atomic E-state index is 11.8. The van der Waals surface area contributed by atoms with Gasteiger partial charge in [0.15, 0.2) is 0 Å². The van der Waals surface area contributed by atoms with Crippen molar-refractivity contribution in [3.05, 3.63) is 65.0 Å². The predicted molar refractivity (Wildman–Crippen MR) is 101 cm³/mol. The minimum Gasteiger partial charge on any atom is -0.875 e. The quantitative estimate of drug-likeness (QED) is 0.275. The van der Waals surface area contributed by atoms with Crippen molar-refractivity contribution in [1.29, 1.82) is 0 Å². The van der Waals surface area contributed by atoms with Gasteiger partial charge in [0.2, 0.25) is 0 Å². The van der Waals surface area contributed by atoms with Crippen LogP contribution in [-0.4, -0.2) is 11.1 Å². The van der Waals surface area contributed by atoms with Crippen LogP contribution in [0, 0.1) is 6.92 Å². The maximum absolute atomic E-state index is 11.8. The molecule has 1 aliphatic carbocycles. The van der Waals surface area contributed by atoms with Crippen molar-refractivity contribution >= 4 is 5.97 Å². The summed E-state index contributed by atoms with van der Waals surface area (Å²) in [6.45, 7) is 4.08. The largest absolute Gasteiger partial charge is 2.00 e. The maximum Gasteiger partial charge on any atom is 2.00 e. The summed E-state index contributed by atoms with van der Waals surface area (Å²) in [6, 6.07) is 8.24. The number of carboxylic acids is 1. The number of hydrogen-bond donors (Lipinski definition) is 1. The average molecular weight is 398 g/mol. The van der Waals surface area contributed by atoms with E-state index in [1.807, 2.05) is 37.3 Å². The second-order valence-corrected chi connectivity index (χ2v) is 6.58. The molecule has 26 heavy (non-hydrogen) atoms. The van der Waals surface area contributed by atoms with Crippen LogP contribution in [0.5, 0.6) is 0 Å². The van der Waals surface area contributed by atoms with E-state index in [9.17, 15) is 9.90 Å². The van der Waals surface area contributed by atoms with Gasteiger partial charge in [-0.1, -0.05) is 62.8 Å². The monoisotopic (exact) mass is 398 g/mol. The zero-order valence-electron chi connectivity index (χ0n) is 15.8. The second-order valence-electron chi connectivity index (χ2n) is 6.58. The minimum atomic E-state index is -0.712. The van der Waals surface area contributed by atoms with Crippen LogP contribution in [0.25, 0.3) is 0 Å². The normalized spacial score (nSPS) is 14.2. The molecule has 0 spiro atoms. The van der Waals surface area contributed by atoms with Gasteiger partial charge in [-0.25, -0.2) is 12.1 Å². The summed E-state index contributed by atoms with van der Waals surface area (Å²) in [5.41, 5.74) is 3.32. The van der Waals surface area contributed by atoms with Gasteiger partial charge in [-0.2, -0.15) is 17.7 Å². The summed E-state index contributed by atoms with van der Waals surface area (Å²) < 4.78 is 0. The van der Waals surface area contributed by atoms with Gasteiger partial charge in [0.1, 0.15) is 0 Å². The van der Waals surface area contributed by atoms with Crippen LogP contribution in [0.4, 0.5) is 0 Å². The van der Waals surface area contributed by atoms with Crippen LogP contribution in [0.15, 0.2) is 59.4 Å². The summed E-state index contributed by atoms with van der Waals surface area (Å²) in [5.74, 6) is -0.477. The van der Waals surface area contributed by atoms with Gasteiger partial charge in [-0.05, 0) is 25.3 Å². The van der Waals surface area contributed by atoms with E-state index in [0.29, 0.717) is 6.42 Å². The van der Waals surface area contributed by atoms with Crippen molar-refractivity contribution in [1.82, 2.24) is 0 Å². The van der Waals surface area contributed by atoms with Crippen molar-refractivity contribution in [2.24, 2.45) is 0 Å². The molecule has 144 valence electrons. The molecule has 0 heterocycles. The average Bonchev–Trinajstić information content (AvgIpc) is 3.21. The molecule has 0 unspecified atom stereocenters. The van der Waals surface area contributed by atoms with Crippen LogP contribution in [-0.2, 0) is 21.9 Å². The topological polar surface area (TPSA) is 60.4 Å². The zero-order valence-corrected chi connectivity index (χ0v) is 16.9. The molecule has 0 saturated heterocycles. The SMILES string of the molecule is CC1=CC(=C([O-])CCCCCCCCC(=O)O)C=C1.Cc1ccc[cH-]1.[Fe+2]. The molecule has 4 heteroatoms. The second kappa shape index (κ2) is 14.5. The standard InChI is InChI=1S/C16H24O3.C6H7.Fe/c1-13-10-11-14(12-13)15(17)8-6-4-2-3-5-7-9-16(18)19;1-6-4-2-3-5-6;/h10-12,17H,2-9H2,1H3,(H,18,19);2-5H,1H3;/q;-1;+2/p-1. The molecule has 0 saturated carbocycles. The molecule has 0 aromatic heterocycles. The Morgan fingerprint density at radius 2 is 1.65 bits per heavy atom. The van der Waals surface area contributed by atoms with Gasteiger partial charge in [-0.3, -0.25) is 4.79 Å². The first-order valence-electron chi connectivity index (χ1n) is 9.15. The van der Waals surface area contributed by atoms with Crippen molar-refractivity contribution in [3.63, 3.8) is 0 Å². The van der Waals surface area contributed by atoms with E-state index < -0.39 is 5.97 Å². The minimum absolute atomic E-state index is 0. The summed E-state index contributed by atoms with van der Waals surface area (Å²) in [6.07, 6.45) is 12.6. The molecule has 3 nitrogen and oxygen atoms in total. The van der Waals surface area contributed by atoms with Gasteiger partial charge in [0, 0.05) is 6.42 Å². The Morgan fingerprint density at radius 1 is 1.04 bits per heavy atom. The number of carboxylic acid groups (broad SMARTS) is 1. The molecule has 0 radical (unpaired) electrons. The van der Waals surface area contributed by atoms with Crippen LogP contribution in [0.1, 0.15) is 63.9 Å². The van der Waals surface area contributed by atoms with Gasteiger partial charge >= 0.3 is 23.0 Å². The molecular weight excluding hydrogens is 368 g/mol. The third-order valence-electron chi connectivity index (χ3n) is 4.10. The molecule has 1 aromatic carbocycles. The predicted octanol–water partition coefficient (Wildman–Crippen LogP) is 5.03. The third kappa shape index (κ3) is 11.8. The Bertz CT molecular complexity index is 595. The molecule has 0 amide bonds. The number of rotatable bonds is 9. The van der Waals surface area contributed by atoms with Crippen LogP contribution in [0.2, 0.25) is 0 Å². The number of aliphatic carboxylic acids is 1. The summed E-state index contributed by atoms with van der Waals surface area (Å²) in [4.78, 5) is 10.3. The number of aryl methyl sites for hydroxylation is 1. The Balaban J connectivity index is 0.000000754. The molecule has 1 N–H and O–H groups in total. The van der Waals surface area contributed by atoms with E-state index in [1.165, 1.54) is 5.56 Å². The zero-order chi connectivity index (χ0) is 18.5. The third-order valence-corrected chi connectivity index (χ3v) is 4.10. The van der Waals surface area contributed by atoms with Gasteiger partial charge in [-0.15, -0.1) is 5.76 Å². The number of allylic oxidation sites excluding steroid dienone is 6. The molecule has 2 rings (SSSR count). The Morgan fingerprint density at radius 3 is 2.08 bits per heavy atom. The fraction of sp³-hybridized carbons (Fsp3) is 0.455. The van der Waals surface area contributed by atoms with E-state index in [-0.39, 0.29) is 29.2 Å².